The maximum atomic E-state index is 14.6. The lowest BCUT2D eigenvalue weighted by molar-refractivity contribution is -0.116. The Hall–Kier alpha value is -2.73. The number of hydrogen-bond acceptors (Lipinski definition) is 4. The molecule has 2 heterocycles. The lowest BCUT2D eigenvalue weighted by Gasteiger charge is -2.26. The first-order valence-corrected chi connectivity index (χ1v) is 9.76. The molecule has 2 aliphatic rings. The molecule has 1 amide bonds. The zero-order valence-corrected chi connectivity index (χ0v) is 16.0. The molecule has 1 aliphatic heterocycles. The molecule has 4 N–H and O–H groups in total. The van der Waals surface area contributed by atoms with E-state index >= 15 is 0 Å². The van der Waals surface area contributed by atoms with E-state index in [0.29, 0.717) is 23.4 Å². The van der Waals surface area contributed by atoms with Crippen LogP contribution in [0.3, 0.4) is 0 Å². The summed E-state index contributed by atoms with van der Waals surface area (Å²) in [5, 5.41) is 8.09. The van der Waals surface area contributed by atoms with E-state index in [4.69, 9.17) is 5.73 Å². The van der Waals surface area contributed by atoms with Gasteiger partial charge in [0.05, 0.1) is 0 Å². The van der Waals surface area contributed by atoms with Gasteiger partial charge in [0.2, 0.25) is 5.91 Å². The Morgan fingerprint density at radius 3 is 2.86 bits per heavy atom. The highest BCUT2D eigenvalue weighted by molar-refractivity contribution is 6.14. The number of piperidine rings is 1. The standard InChI is InChI=1S/C22H25FN4O/c1-13-3-2-4-19(23)21(13)14-9-15-12-26-20(24)11-17(15)18(10-14)22(28)27-16-5-7-25-8-6-16/h2-4,9,11-12,14,16,25H,5-8,10,24H2,1H3,(H,27,28). The van der Waals surface area contributed by atoms with E-state index in [9.17, 15) is 9.18 Å². The van der Waals surface area contributed by atoms with Gasteiger partial charge in [-0.05, 0) is 73.0 Å². The van der Waals surface area contributed by atoms with Crippen LogP contribution >= 0.6 is 0 Å². The highest BCUT2D eigenvalue weighted by Gasteiger charge is 2.26. The molecule has 0 spiro atoms. The number of nitrogens with one attached hydrogen (secondary N) is 2. The minimum Gasteiger partial charge on any atom is -0.384 e. The third-order valence-electron chi connectivity index (χ3n) is 5.68. The molecule has 146 valence electrons. The van der Waals surface area contributed by atoms with Gasteiger partial charge in [-0.25, -0.2) is 9.37 Å². The molecule has 1 saturated heterocycles. The number of nitrogens with zero attached hydrogens (tertiary/aromatic N) is 1. The second kappa shape index (κ2) is 7.72. The van der Waals surface area contributed by atoms with Gasteiger partial charge in [0, 0.05) is 23.7 Å². The van der Waals surface area contributed by atoms with Gasteiger partial charge in [-0.3, -0.25) is 4.79 Å². The lowest BCUT2D eigenvalue weighted by atomic mass is 9.84. The van der Waals surface area contributed by atoms with Gasteiger partial charge in [0.1, 0.15) is 11.6 Å². The lowest BCUT2D eigenvalue weighted by Crippen LogP contribution is -2.45. The fraction of sp³-hybridized carbons (Fsp3) is 0.364. The molecule has 4 rings (SSSR count). The van der Waals surface area contributed by atoms with E-state index in [0.717, 1.165) is 41.9 Å². The van der Waals surface area contributed by atoms with Crippen LogP contribution in [0.4, 0.5) is 10.2 Å². The maximum Gasteiger partial charge on any atom is 0.248 e. The number of anilines is 1. The quantitative estimate of drug-likeness (QED) is 0.745. The van der Waals surface area contributed by atoms with Crippen LogP contribution in [0.2, 0.25) is 0 Å². The summed E-state index contributed by atoms with van der Waals surface area (Å²) in [6.45, 7) is 3.70. The van der Waals surface area contributed by atoms with Crippen molar-refractivity contribution in [3.8, 4) is 0 Å². The summed E-state index contributed by atoms with van der Waals surface area (Å²) in [5.41, 5.74) is 8.05. The van der Waals surface area contributed by atoms with Crippen molar-refractivity contribution >= 4 is 23.4 Å². The van der Waals surface area contributed by atoms with E-state index in [1.807, 2.05) is 19.1 Å². The fourth-order valence-corrected chi connectivity index (χ4v) is 4.24. The fourth-order valence-electron chi connectivity index (χ4n) is 4.24. The van der Waals surface area contributed by atoms with Crippen molar-refractivity contribution < 1.29 is 9.18 Å². The van der Waals surface area contributed by atoms with E-state index < -0.39 is 0 Å². The van der Waals surface area contributed by atoms with Crippen molar-refractivity contribution in [1.29, 1.82) is 0 Å². The molecule has 28 heavy (non-hydrogen) atoms. The summed E-state index contributed by atoms with van der Waals surface area (Å²) in [4.78, 5) is 17.3. The molecule has 1 fully saturated rings. The first-order chi connectivity index (χ1) is 13.5. The number of aryl methyl sites for hydroxylation is 1. The van der Waals surface area contributed by atoms with Crippen LogP contribution in [0, 0.1) is 12.7 Å². The second-order valence-electron chi connectivity index (χ2n) is 7.62. The number of nitrogen functional groups attached to an aromatic ring is 1. The summed E-state index contributed by atoms with van der Waals surface area (Å²) in [6, 6.07) is 6.98. The monoisotopic (exact) mass is 380 g/mol. The summed E-state index contributed by atoms with van der Waals surface area (Å²) < 4.78 is 14.6. The number of carbonyl (C=O) groups excluding carboxylic acids is 1. The highest BCUT2D eigenvalue weighted by Crippen LogP contribution is 2.31. The van der Waals surface area contributed by atoms with Gasteiger partial charge in [0.15, 0.2) is 0 Å². The average Bonchev–Trinajstić information content (AvgIpc) is 2.68. The van der Waals surface area contributed by atoms with Crippen LogP contribution < -0.4 is 26.8 Å². The number of rotatable bonds is 3. The minimum absolute atomic E-state index is 0.0918. The molecule has 1 aromatic heterocycles. The Kier molecular flexibility index (Phi) is 5.13. The van der Waals surface area contributed by atoms with E-state index in [1.54, 1.807) is 18.3 Å². The zero-order chi connectivity index (χ0) is 19.7. The number of benzene rings is 1. The number of nitrogens with two attached hydrogens (primary N) is 1. The average molecular weight is 380 g/mol. The molecule has 1 aliphatic carbocycles. The molecule has 0 saturated carbocycles. The number of aromatic nitrogens is 1. The molecule has 1 aromatic carbocycles. The Morgan fingerprint density at radius 2 is 2.11 bits per heavy atom. The van der Waals surface area contributed by atoms with E-state index in [2.05, 4.69) is 15.6 Å². The Labute approximate surface area is 163 Å². The van der Waals surface area contributed by atoms with Gasteiger partial charge in [-0.15, -0.1) is 0 Å². The van der Waals surface area contributed by atoms with E-state index in [-0.39, 0.29) is 23.7 Å². The van der Waals surface area contributed by atoms with Crippen LogP contribution in [0.1, 0.15) is 36.3 Å². The van der Waals surface area contributed by atoms with Crippen LogP contribution in [0.15, 0.2) is 30.5 Å². The highest BCUT2D eigenvalue weighted by atomic mass is 19.1. The summed E-state index contributed by atoms with van der Waals surface area (Å²) in [7, 11) is 0. The molecule has 5 nitrogen and oxygen atoms in total. The van der Waals surface area contributed by atoms with Gasteiger partial charge in [-0.2, -0.15) is 0 Å². The van der Waals surface area contributed by atoms with Crippen LogP contribution in [0.25, 0.3) is 11.6 Å². The topological polar surface area (TPSA) is 80.0 Å². The SMILES string of the molecule is Cc1cccc(F)c1C1C=c2cnc(N)cc2=C(C(=O)NC2CCNCC2)C1. The number of pyridine rings is 1. The number of amides is 1. The number of halogens is 1. The zero-order valence-electron chi connectivity index (χ0n) is 16.0. The Bertz CT molecular complexity index is 1010. The number of fused-ring (bicyclic) bond motifs is 1. The largest absolute Gasteiger partial charge is 0.384 e. The van der Waals surface area contributed by atoms with Crippen molar-refractivity contribution in [2.24, 2.45) is 0 Å². The molecular formula is C22H25FN4O. The van der Waals surface area contributed by atoms with Crippen molar-refractivity contribution in [2.45, 2.75) is 38.1 Å². The van der Waals surface area contributed by atoms with Gasteiger partial charge in [0.25, 0.3) is 0 Å². The van der Waals surface area contributed by atoms with Crippen LogP contribution in [-0.2, 0) is 4.79 Å². The Balaban J connectivity index is 1.76. The molecule has 2 aromatic rings. The van der Waals surface area contributed by atoms with Crippen LogP contribution in [-0.4, -0.2) is 30.0 Å². The Morgan fingerprint density at radius 1 is 1.32 bits per heavy atom. The summed E-state index contributed by atoms with van der Waals surface area (Å²) in [5.74, 6) is -0.176. The molecule has 1 unspecified atom stereocenters. The summed E-state index contributed by atoms with van der Waals surface area (Å²) in [6.07, 6.45) is 5.92. The minimum atomic E-state index is -0.244. The van der Waals surface area contributed by atoms with Gasteiger partial charge < -0.3 is 16.4 Å². The van der Waals surface area contributed by atoms with Crippen molar-refractivity contribution in [1.82, 2.24) is 15.6 Å². The number of hydrogen-bond donors (Lipinski definition) is 3. The first-order valence-electron chi connectivity index (χ1n) is 9.76. The second-order valence-corrected chi connectivity index (χ2v) is 7.62. The van der Waals surface area contributed by atoms with Gasteiger partial charge in [-0.1, -0.05) is 18.2 Å². The smallest absolute Gasteiger partial charge is 0.248 e. The first kappa shape index (κ1) is 18.6. The van der Waals surface area contributed by atoms with Crippen molar-refractivity contribution in [3.63, 3.8) is 0 Å². The maximum absolute atomic E-state index is 14.6. The predicted octanol–water partition coefficient (Wildman–Crippen LogP) is 1.10. The normalized spacial score (nSPS) is 19.6. The molecule has 0 radical (unpaired) electrons. The van der Waals surface area contributed by atoms with E-state index in [1.165, 1.54) is 6.07 Å². The van der Waals surface area contributed by atoms with Crippen LogP contribution in [0.5, 0.6) is 0 Å². The summed E-state index contributed by atoms with van der Waals surface area (Å²) >= 11 is 0. The molecule has 0 bridgehead atoms. The van der Waals surface area contributed by atoms with Crippen molar-refractivity contribution in [3.05, 3.63) is 57.8 Å². The van der Waals surface area contributed by atoms with Gasteiger partial charge >= 0.3 is 0 Å². The molecule has 1 atom stereocenters. The van der Waals surface area contributed by atoms with Crippen molar-refractivity contribution in [2.75, 3.05) is 18.8 Å². The molecule has 6 heteroatoms. The predicted molar refractivity (Wildman–Crippen MR) is 108 cm³/mol. The third kappa shape index (κ3) is 3.64. The number of carbonyl (C=O) groups is 1. The molecular weight excluding hydrogens is 355 g/mol. The third-order valence-corrected chi connectivity index (χ3v) is 5.68.